The lowest BCUT2D eigenvalue weighted by molar-refractivity contribution is 1.12. The lowest BCUT2D eigenvalue weighted by Crippen LogP contribution is -1.93. The first-order valence-corrected chi connectivity index (χ1v) is 5.82. The Morgan fingerprint density at radius 3 is 2.58 bits per heavy atom. The molecule has 1 aromatic carbocycles. The zero-order valence-corrected chi connectivity index (χ0v) is 10.4. The molecule has 0 aliphatic carbocycles. The van der Waals surface area contributed by atoms with Crippen LogP contribution in [0.1, 0.15) is 11.1 Å². The number of nitrogens with one attached hydrogen (secondary N) is 1. The molecule has 0 aliphatic rings. The minimum absolute atomic E-state index is 0.229. The van der Waals surface area contributed by atoms with Gasteiger partial charge in [0, 0.05) is 23.3 Å². The number of aromatic amines is 1. The van der Waals surface area contributed by atoms with Crippen LogP contribution in [0.3, 0.4) is 0 Å². The van der Waals surface area contributed by atoms with Gasteiger partial charge in [-0.05, 0) is 12.1 Å². The fourth-order valence-electron chi connectivity index (χ4n) is 1.63. The number of fused-ring (bicyclic) bond motifs is 1. The van der Waals surface area contributed by atoms with E-state index >= 15 is 0 Å². The maximum absolute atomic E-state index is 6.14. The van der Waals surface area contributed by atoms with Gasteiger partial charge in [-0.25, -0.2) is 9.97 Å². The predicted molar refractivity (Wildman–Crippen MR) is 73.5 cm³/mol. The third-order valence-electron chi connectivity index (χ3n) is 2.53. The summed E-state index contributed by atoms with van der Waals surface area (Å²) < 4.78 is 0. The van der Waals surface area contributed by atoms with E-state index in [-0.39, 0.29) is 5.95 Å². The van der Waals surface area contributed by atoms with E-state index in [0.717, 1.165) is 16.5 Å². The SMILES string of the molecule is Nc1ncc(C#Cc2cc(Cl)c3cn[nH]c3c2)cn1. The maximum atomic E-state index is 6.14. The zero-order chi connectivity index (χ0) is 13.2. The van der Waals surface area contributed by atoms with Gasteiger partial charge >= 0.3 is 0 Å². The molecule has 0 fully saturated rings. The summed E-state index contributed by atoms with van der Waals surface area (Å²) in [6.45, 7) is 0. The highest BCUT2D eigenvalue weighted by atomic mass is 35.5. The molecule has 0 saturated carbocycles. The molecule has 92 valence electrons. The minimum Gasteiger partial charge on any atom is -0.368 e. The van der Waals surface area contributed by atoms with Gasteiger partial charge in [0.1, 0.15) is 0 Å². The molecule has 0 unspecified atom stereocenters. The molecule has 0 saturated heterocycles. The van der Waals surface area contributed by atoms with Crippen LogP contribution in [0.2, 0.25) is 5.02 Å². The number of rotatable bonds is 0. The molecule has 0 radical (unpaired) electrons. The highest BCUT2D eigenvalue weighted by Gasteiger charge is 2.02. The number of hydrogen-bond acceptors (Lipinski definition) is 4. The number of nitrogen functional groups attached to an aromatic ring is 1. The number of hydrogen-bond donors (Lipinski definition) is 2. The Kier molecular flexibility index (Phi) is 2.78. The number of H-pyrrole nitrogens is 1. The smallest absolute Gasteiger partial charge is 0.219 e. The fourth-order valence-corrected chi connectivity index (χ4v) is 1.90. The van der Waals surface area contributed by atoms with Gasteiger partial charge in [0.15, 0.2) is 0 Å². The van der Waals surface area contributed by atoms with Gasteiger partial charge in [0.05, 0.1) is 22.3 Å². The van der Waals surface area contributed by atoms with Crippen molar-refractivity contribution in [3.8, 4) is 11.8 Å². The van der Waals surface area contributed by atoms with Crippen molar-refractivity contribution < 1.29 is 0 Å². The molecular formula is C13H8ClN5. The molecule has 0 bridgehead atoms. The third kappa shape index (κ3) is 2.34. The van der Waals surface area contributed by atoms with Crippen molar-refractivity contribution in [2.45, 2.75) is 0 Å². The number of benzene rings is 1. The monoisotopic (exact) mass is 269 g/mol. The summed E-state index contributed by atoms with van der Waals surface area (Å²) in [5.74, 6) is 6.18. The molecule has 0 amide bonds. The van der Waals surface area contributed by atoms with Crippen LogP contribution in [-0.4, -0.2) is 20.2 Å². The third-order valence-corrected chi connectivity index (χ3v) is 2.84. The van der Waals surface area contributed by atoms with Crippen LogP contribution in [-0.2, 0) is 0 Å². The second kappa shape index (κ2) is 4.59. The Bertz CT molecular complexity index is 795. The summed E-state index contributed by atoms with van der Waals surface area (Å²) in [4.78, 5) is 7.75. The topological polar surface area (TPSA) is 80.5 Å². The lowest BCUT2D eigenvalue weighted by atomic mass is 10.1. The molecule has 6 heteroatoms. The van der Waals surface area contributed by atoms with Crippen LogP contribution in [0.25, 0.3) is 10.9 Å². The van der Waals surface area contributed by atoms with E-state index in [1.54, 1.807) is 24.7 Å². The van der Waals surface area contributed by atoms with E-state index in [4.69, 9.17) is 17.3 Å². The zero-order valence-electron chi connectivity index (χ0n) is 9.68. The van der Waals surface area contributed by atoms with Gasteiger partial charge in [-0.2, -0.15) is 5.10 Å². The molecule has 5 nitrogen and oxygen atoms in total. The van der Waals surface area contributed by atoms with Crippen molar-refractivity contribution >= 4 is 28.5 Å². The van der Waals surface area contributed by atoms with Gasteiger partial charge in [-0.15, -0.1) is 0 Å². The Morgan fingerprint density at radius 2 is 1.79 bits per heavy atom. The molecule has 2 heterocycles. The summed E-state index contributed by atoms with van der Waals surface area (Å²) in [5.41, 5.74) is 7.74. The average molecular weight is 270 g/mol. The van der Waals surface area contributed by atoms with Crippen molar-refractivity contribution in [2.75, 3.05) is 5.73 Å². The first-order chi connectivity index (χ1) is 9.22. The Morgan fingerprint density at radius 1 is 1.05 bits per heavy atom. The Hall–Kier alpha value is -2.58. The van der Waals surface area contributed by atoms with Crippen molar-refractivity contribution in [3.05, 3.63) is 46.9 Å². The summed E-state index contributed by atoms with van der Waals surface area (Å²) in [7, 11) is 0. The van der Waals surface area contributed by atoms with E-state index in [1.165, 1.54) is 0 Å². The van der Waals surface area contributed by atoms with Crippen molar-refractivity contribution in [1.29, 1.82) is 0 Å². The number of nitrogens with two attached hydrogens (primary N) is 1. The largest absolute Gasteiger partial charge is 0.368 e. The van der Waals surface area contributed by atoms with Crippen molar-refractivity contribution in [2.24, 2.45) is 0 Å². The molecule has 2 aromatic heterocycles. The summed E-state index contributed by atoms with van der Waals surface area (Å²) in [5, 5.41) is 8.30. The molecule has 19 heavy (non-hydrogen) atoms. The van der Waals surface area contributed by atoms with E-state index in [9.17, 15) is 0 Å². The van der Waals surface area contributed by atoms with Crippen LogP contribution in [0, 0.1) is 11.8 Å². The summed E-state index contributed by atoms with van der Waals surface area (Å²) >= 11 is 6.14. The number of aromatic nitrogens is 4. The fraction of sp³-hybridized carbons (Fsp3) is 0. The van der Waals surface area contributed by atoms with Crippen LogP contribution in [0.4, 0.5) is 5.95 Å². The van der Waals surface area contributed by atoms with Crippen LogP contribution >= 0.6 is 11.6 Å². The maximum Gasteiger partial charge on any atom is 0.219 e. The standard InChI is InChI=1S/C13H8ClN5/c14-11-3-8(4-12-10(11)7-18-19-12)1-2-9-5-16-13(15)17-6-9/h3-7H,(H,18,19)(H2,15,16,17). The van der Waals surface area contributed by atoms with Crippen LogP contribution in [0.5, 0.6) is 0 Å². The van der Waals surface area contributed by atoms with Gasteiger partial charge in [-0.1, -0.05) is 23.4 Å². The normalized spacial score (nSPS) is 10.2. The van der Waals surface area contributed by atoms with Crippen molar-refractivity contribution in [1.82, 2.24) is 20.2 Å². The number of halogens is 1. The van der Waals surface area contributed by atoms with Crippen LogP contribution < -0.4 is 5.73 Å². The van der Waals surface area contributed by atoms with E-state index in [2.05, 4.69) is 32.0 Å². The van der Waals surface area contributed by atoms with E-state index < -0.39 is 0 Å². The Labute approximate surface area is 113 Å². The van der Waals surface area contributed by atoms with E-state index in [0.29, 0.717) is 10.6 Å². The first-order valence-electron chi connectivity index (χ1n) is 5.44. The predicted octanol–water partition coefficient (Wildman–Crippen LogP) is 1.99. The second-order valence-electron chi connectivity index (χ2n) is 3.87. The second-order valence-corrected chi connectivity index (χ2v) is 4.28. The number of nitrogens with zero attached hydrogens (tertiary/aromatic N) is 3. The minimum atomic E-state index is 0.229. The lowest BCUT2D eigenvalue weighted by Gasteiger charge is -1.95. The highest BCUT2D eigenvalue weighted by Crippen LogP contribution is 2.23. The molecule has 0 atom stereocenters. The van der Waals surface area contributed by atoms with Crippen molar-refractivity contribution in [3.63, 3.8) is 0 Å². The Balaban J connectivity index is 1.99. The molecular weight excluding hydrogens is 262 g/mol. The quantitative estimate of drug-likeness (QED) is 0.612. The number of anilines is 1. The highest BCUT2D eigenvalue weighted by molar-refractivity contribution is 6.35. The molecule has 0 aliphatic heterocycles. The van der Waals surface area contributed by atoms with Gasteiger partial charge in [0.2, 0.25) is 5.95 Å². The van der Waals surface area contributed by atoms with E-state index in [1.807, 2.05) is 6.07 Å². The average Bonchev–Trinajstić information content (AvgIpc) is 2.87. The van der Waals surface area contributed by atoms with Gasteiger partial charge in [0.25, 0.3) is 0 Å². The summed E-state index contributed by atoms with van der Waals surface area (Å²) in [6, 6.07) is 3.68. The van der Waals surface area contributed by atoms with Crippen LogP contribution in [0.15, 0.2) is 30.7 Å². The molecule has 3 rings (SSSR count). The summed E-state index contributed by atoms with van der Waals surface area (Å²) in [6.07, 6.45) is 4.83. The first kappa shape index (κ1) is 11.5. The molecule has 3 N–H and O–H groups in total. The molecule has 0 spiro atoms. The molecule has 3 aromatic rings. The van der Waals surface area contributed by atoms with Gasteiger partial charge < -0.3 is 5.73 Å². The van der Waals surface area contributed by atoms with Gasteiger partial charge in [-0.3, -0.25) is 5.10 Å².